The molecule has 1 atom stereocenters. The molecule has 0 fully saturated rings. The van der Waals surface area contributed by atoms with Gasteiger partial charge >= 0.3 is 0 Å². The second-order valence-electron chi connectivity index (χ2n) is 14.7. The maximum Gasteiger partial charge on any atom is 0.296 e. The highest BCUT2D eigenvalue weighted by molar-refractivity contribution is 7.89. The van der Waals surface area contributed by atoms with Crippen molar-refractivity contribution in [1.29, 1.82) is 0 Å². The van der Waals surface area contributed by atoms with Crippen LogP contribution >= 0.6 is 0 Å². The normalized spacial score (nSPS) is 13.6. The standard InChI is InChI=1S/C41H43N3O12S4/c1-9-25(6)44-57(45,46)35-13-11-10-12-30(35)37-29-15-14-28(42-38-21(2)16-23(4)40(26(38)7)59(50,51)52)18-33(29)56-34-20-32(36(19-31(34)37)58(47,48)49)43-39-22(3)17-24(5)41(27(39)8)60(53,54)55/h10-20,25,42,44H,9H2,1-8H3,(H,47,48,49)(H,50,51,52)(H,53,54,55)/b43-32+. The molecule has 0 aromatic heterocycles. The van der Waals surface area contributed by atoms with E-state index < -0.39 is 56.2 Å². The van der Waals surface area contributed by atoms with Crippen LogP contribution in [0.1, 0.15) is 53.6 Å². The minimum atomic E-state index is -5.10. The Morgan fingerprint density at radius 2 is 1.27 bits per heavy atom. The van der Waals surface area contributed by atoms with Crippen molar-refractivity contribution in [3.8, 4) is 22.5 Å². The number of hydrogen-bond donors (Lipinski definition) is 5. The molecule has 0 saturated heterocycles. The molecule has 0 spiro atoms. The van der Waals surface area contributed by atoms with E-state index in [-0.39, 0.29) is 65.6 Å². The summed E-state index contributed by atoms with van der Waals surface area (Å²) in [5, 5.41) is 3.15. The number of sulfonamides is 1. The first-order valence-electron chi connectivity index (χ1n) is 18.4. The zero-order chi connectivity index (χ0) is 44.4. The maximum absolute atomic E-state index is 14.0. The third-order valence-corrected chi connectivity index (χ3v) is 15.1. The summed E-state index contributed by atoms with van der Waals surface area (Å²) in [6, 6.07) is 15.8. The molecule has 19 heteroatoms. The Hall–Kier alpha value is -4.99. The number of nitrogens with zero attached hydrogens (tertiary/aromatic N) is 1. The molecular weight excluding hydrogens is 855 g/mol. The second kappa shape index (κ2) is 15.8. The van der Waals surface area contributed by atoms with Crippen molar-refractivity contribution < 1.29 is 51.7 Å². The first-order chi connectivity index (χ1) is 27.7. The number of hydrogen-bond acceptors (Lipinski definition) is 11. The van der Waals surface area contributed by atoms with Crippen LogP contribution < -0.4 is 15.4 Å². The molecule has 318 valence electrons. The Bertz CT molecular complexity index is 3270. The largest absolute Gasteiger partial charge is 0.456 e. The fourth-order valence-corrected chi connectivity index (χ4v) is 11.7. The lowest BCUT2D eigenvalue weighted by atomic mass is 9.93. The average molecular weight is 898 g/mol. The fourth-order valence-electron chi connectivity index (χ4n) is 7.64. The lowest BCUT2D eigenvalue weighted by Gasteiger charge is -2.21. The van der Waals surface area contributed by atoms with Crippen molar-refractivity contribution in [3.63, 3.8) is 0 Å². The lowest BCUT2D eigenvalue weighted by Crippen LogP contribution is -2.32. The van der Waals surface area contributed by atoms with E-state index in [1.807, 2.05) is 6.92 Å². The monoisotopic (exact) mass is 897 g/mol. The minimum absolute atomic E-state index is 0.00867. The van der Waals surface area contributed by atoms with Crippen LogP contribution in [0, 0.1) is 41.5 Å². The zero-order valence-electron chi connectivity index (χ0n) is 33.7. The van der Waals surface area contributed by atoms with E-state index in [0.717, 1.165) is 6.07 Å². The Morgan fingerprint density at radius 3 is 1.87 bits per heavy atom. The summed E-state index contributed by atoms with van der Waals surface area (Å²) in [7, 11) is -18.6. The Kier molecular flexibility index (Phi) is 11.7. The molecule has 5 N–H and O–H groups in total. The molecule has 1 unspecified atom stereocenters. The predicted octanol–water partition coefficient (Wildman–Crippen LogP) is 7.85. The number of anilines is 2. The average Bonchev–Trinajstić information content (AvgIpc) is 3.11. The number of rotatable bonds is 11. The van der Waals surface area contributed by atoms with Gasteiger partial charge in [0.05, 0.1) is 15.9 Å². The molecular formula is C41H43N3O12S4. The highest BCUT2D eigenvalue weighted by atomic mass is 32.2. The summed E-state index contributed by atoms with van der Waals surface area (Å²) in [6.07, 6.45) is 0.481. The first-order valence-corrected chi connectivity index (χ1v) is 24.2. The van der Waals surface area contributed by atoms with Crippen molar-refractivity contribution >= 4 is 68.4 Å². The number of nitrogens with one attached hydrogen (secondary N) is 2. The van der Waals surface area contributed by atoms with E-state index in [2.05, 4.69) is 15.0 Å². The molecule has 60 heavy (non-hydrogen) atoms. The van der Waals surface area contributed by atoms with E-state index in [9.17, 15) is 47.3 Å². The van der Waals surface area contributed by atoms with Crippen molar-refractivity contribution in [2.75, 3.05) is 5.32 Å². The van der Waals surface area contributed by atoms with Gasteiger partial charge in [-0.05, 0) is 113 Å². The predicted molar refractivity (Wildman–Crippen MR) is 228 cm³/mol. The number of fused-ring (bicyclic) bond motifs is 2. The van der Waals surface area contributed by atoms with E-state index in [0.29, 0.717) is 39.9 Å². The summed E-state index contributed by atoms with van der Waals surface area (Å²) >= 11 is 0. The van der Waals surface area contributed by atoms with Gasteiger partial charge in [0.25, 0.3) is 30.4 Å². The van der Waals surface area contributed by atoms with Crippen LogP contribution in [0.3, 0.4) is 0 Å². The lowest BCUT2D eigenvalue weighted by molar-refractivity contribution is 0.479. The molecule has 4 aromatic rings. The highest BCUT2D eigenvalue weighted by Crippen LogP contribution is 2.44. The molecule has 15 nitrogen and oxygen atoms in total. The molecule has 1 aliphatic heterocycles. The molecule has 6 rings (SSSR count). The molecule has 1 aliphatic carbocycles. The van der Waals surface area contributed by atoms with Gasteiger partial charge < -0.3 is 9.73 Å². The summed E-state index contributed by atoms with van der Waals surface area (Å²) in [5.74, 6) is -0.0309. The quantitative estimate of drug-likeness (QED) is 0.0615. The molecule has 4 aromatic carbocycles. The van der Waals surface area contributed by atoms with E-state index in [1.54, 1.807) is 71.0 Å². The van der Waals surface area contributed by atoms with E-state index in [4.69, 9.17) is 4.42 Å². The van der Waals surface area contributed by atoms with E-state index in [1.165, 1.54) is 38.1 Å². The van der Waals surface area contributed by atoms with Crippen molar-refractivity contribution in [1.82, 2.24) is 4.72 Å². The van der Waals surface area contributed by atoms with Gasteiger partial charge in [0.15, 0.2) is 0 Å². The van der Waals surface area contributed by atoms with Gasteiger partial charge in [-0.15, -0.1) is 0 Å². The second-order valence-corrected chi connectivity index (χ2v) is 20.5. The molecule has 0 bridgehead atoms. The molecule has 0 saturated carbocycles. The summed E-state index contributed by atoms with van der Waals surface area (Å²) in [6.45, 7) is 12.9. The minimum Gasteiger partial charge on any atom is -0.456 e. The van der Waals surface area contributed by atoms with Crippen LogP contribution in [0.5, 0.6) is 0 Å². The van der Waals surface area contributed by atoms with Gasteiger partial charge in [-0.1, -0.05) is 37.3 Å². The van der Waals surface area contributed by atoms with Crippen LogP contribution in [0.2, 0.25) is 0 Å². The smallest absolute Gasteiger partial charge is 0.296 e. The zero-order valence-corrected chi connectivity index (χ0v) is 37.0. The van der Waals surface area contributed by atoms with Gasteiger partial charge in [0, 0.05) is 51.6 Å². The summed E-state index contributed by atoms with van der Waals surface area (Å²) < 4.78 is 144. The van der Waals surface area contributed by atoms with Crippen molar-refractivity contribution in [2.45, 2.75) is 87.4 Å². The van der Waals surface area contributed by atoms with E-state index >= 15 is 0 Å². The van der Waals surface area contributed by atoms with Crippen LogP contribution in [-0.2, 0) is 40.4 Å². The summed E-state index contributed by atoms with van der Waals surface area (Å²) in [5.41, 5.74) is 3.20. The Labute approximate surface area is 348 Å². The van der Waals surface area contributed by atoms with Gasteiger partial charge in [-0.3, -0.25) is 13.7 Å². The van der Waals surface area contributed by atoms with Crippen LogP contribution in [0.25, 0.3) is 33.4 Å². The highest BCUT2D eigenvalue weighted by Gasteiger charge is 2.29. The topological polar surface area (TPSA) is 247 Å². The molecule has 0 radical (unpaired) electrons. The van der Waals surface area contributed by atoms with Crippen LogP contribution in [0.15, 0.2) is 95.7 Å². The number of aryl methyl sites for hydroxylation is 4. The van der Waals surface area contributed by atoms with Crippen molar-refractivity contribution in [3.05, 3.63) is 105 Å². The summed E-state index contributed by atoms with van der Waals surface area (Å²) in [4.78, 5) is 2.98. The van der Waals surface area contributed by atoms with Gasteiger partial charge in [-0.25, -0.2) is 18.1 Å². The third-order valence-electron chi connectivity index (χ3n) is 10.3. The SMILES string of the molecule is CCC(C)NS(=O)(=O)c1ccccc1-c1c2cc(S(=O)(=O)O)/c(=N/c3c(C)cc(C)c(S(=O)(=O)O)c3C)cc-2oc2cc(Nc3c(C)cc(C)c(S(=O)(=O)O)c3C)ccc12. The fraction of sp³-hybridized carbons (Fsp3) is 0.244. The van der Waals surface area contributed by atoms with Gasteiger partial charge in [0.2, 0.25) is 10.0 Å². The van der Waals surface area contributed by atoms with Crippen LogP contribution in [-0.4, -0.2) is 53.4 Å². The Morgan fingerprint density at radius 1 is 0.667 bits per heavy atom. The third kappa shape index (κ3) is 8.48. The van der Waals surface area contributed by atoms with Gasteiger partial charge in [-0.2, -0.15) is 25.3 Å². The van der Waals surface area contributed by atoms with Crippen LogP contribution in [0.4, 0.5) is 17.1 Å². The number of benzene rings is 5. The Balaban J connectivity index is 1.75. The maximum atomic E-state index is 14.0. The molecule has 1 heterocycles. The first kappa shape index (κ1) is 44.6. The molecule has 0 amide bonds. The molecule has 2 aliphatic rings. The van der Waals surface area contributed by atoms with Gasteiger partial charge in [0.1, 0.15) is 26.0 Å². The van der Waals surface area contributed by atoms with Crippen molar-refractivity contribution in [2.24, 2.45) is 4.99 Å².